The van der Waals surface area contributed by atoms with E-state index in [1.54, 1.807) is 0 Å². The monoisotopic (exact) mass is 266 g/mol. The lowest BCUT2D eigenvalue weighted by Crippen LogP contribution is -2.07. The number of hydrogen-bond acceptors (Lipinski definition) is 5. The second kappa shape index (κ2) is 5.17. The van der Waals surface area contributed by atoms with Gasteiger partial charge in [-0.3, -0.25) is 0 Å². The van der Waals surface area contributed by atoms with E-state index in [4.69, 9.17) is 19.7 Å². The van der Waals surface area contributed by atoms with Crippen molar-refractivity contribution >= 4 is 5.88 Å². The highest BCUT2D eigenvalue weighted by Gasteiger charge is 2.16. The van der Waals surface area contributed by atoms with Crippen molar-refractivity contribution < 1.29 is 18.4 Å². The number of nitrogen functional groups attached to an aromatic ring is 1. The average molecular weight is 266 g/mol. The second-order valence-corrected chi connectivity index (χ2v) is 4.26. The maximum atomic E-state index is 14.0. The van der Waals surface area contributed by atoms with E-state index < -0.39 is 5.82 Å². The molecule has 0 atom stereocenters. The van der Waals surface area contributed by atoms with Gasteiger partial charge in [0, 0.05) is 17.7 Å². The highest BCUT2D eigenvalue weighted by molar-refractivity contribution is 5.66. The minimum absolute atomic E-state index is 0.0606. The summed E-state index contributed by atoms with van der Waals surface area (Å²) in [5, 5.41) is 3.69. The third-order valence-corrected chi connectivity index (χ3v) is 2.42. The van der Waals surface area contributed by atoms with Gasteiger partial charge in [-0.25, -0.2) is 4.39 Å². The molecule has 2 rings (SSSR count). The van der Waals surface area contributed by atoms with Gasteiger partial charge in [-0.2, -0.15) is 0 Å². The molecule has 2 aromatic rings. The van der Waals surface area contributed by atoms with Gasteiger partial charge < -0.3 is 19.7 Å². The summed E-state index contributed by atoms with van der Waals surface area (Å²) in [6, 6.07) is 4.22. The Labute approximate surface area is 110 Å². The number of methoxy groups -OCH3 is 1. The zero-order valence-corrected chi connectivity index (χ0v) is 10.9. The molecule has 0 unspecified atom stereocenters. The van der Waals surface area contributed by atoms with E-state index in [9.17, 15) is 4.39 Å². The summed E-state index contributed by atoms with van der Waals surface area (Å²) in [5.74, 6) is 0.402. The number of anilines is 1. The van der Waals surface area contributed by atoms with E-state index in [1.165, 1.54) is 25.3 Å². The minimum Gasteiger partial charge on any atom is -0.493 e. The quantitative estimate of drug-likeness (QED) is 0.921. The summed E-state index contributed by atoms with van der Waals surface area (Å²) >= 11 is 0. The van der Waals surface area contributed by atoms with E-state index in [2.05, 4.69) is 5.16 Å². The van der Waals surface area contributed by atoms with Gasteiger partial charge in [0.15, 0.2) is 11.5 Å². The van der Waals surface area contributed by atoms with E-state index in [-0.39, 0.29) is 17.6 Å². The summed E-state index contributed by atoms with van der Waals surface area (Å²) < 4.78 is 29.4. The Hall–Kier alpha value is -2.24. The molecular weight excluding hydrogens is 251 g/mol. The maximum Gasteiger partial charge on any atom is 0.222 e. The lowest BCUT2D eigenvalue weighted by atomic mass is 10.1. The summed E-state index contributed by atoms with van der Waals surface area (Å²) in [6.45, 7) is 3.74. The number of benzene rings is 1. The number of hydrogen-bond donors (Lipinski definition) is 1. The van der Waals surface area contributed by atoms with Gasteiger partial charge >= 0.3 is 0 Å². The van der Waals surface area contributed by atoms with E-state index in [1.807, 2.05) is 13.8 Å². The van der Waals surface area contributed by atoms with Crippen LogP contribution in [0.4, 0.5) is 10.3 Å². The van der Waals surface area contributed by atoms with Crippen LogP contribution in [-0.2, 0) is 0 Å². The fraction of sp³-hybridized carbons (Fsp3) is 0.308. The molecule has 6 heteroatoms. The van der Waals surface area contributed by atoms with Crippen LogP contribution < -0.4 is 15.2 Å². The first-order valence-electron chi connectivity index (χ1n) is 5.78. The molecule has 0 bridgehead atoms. The summed E-state index contributed by atoms with van der Waals surface area (Å²) in [4.78, 5) is 0. The van der Waals surface area contributed by atoms with Crippen LogP contribution in [0.15, 0.2) is 22.7 Å². The molecule has 102 valence electrons. The van der Waals surface area contributed by atoms with Crippen molar-refractivity contribution in [2.45, 2.75) is 20.0 Å². The molecule has 19 heavy (non-hydrogen) atoms. The first-order valence-corrected chi connectivity index (χ1v) is 5.78. The number of halogens is 1. The van der Waals surface area contributed by atoms with Crippen molar-refractivity contribution in [1.29, 1.82) is 0 Å². The third kappa shape index (κ3) is 2.78. The maximum absolute atomic E-state index is 14.0. The zero-order chi connectivity index (χ0) is 14.0. The number of nitrogens with two attached hydrogens (primary N) is 1. The largest absolute Gasteiger partial charge is 0.493 e. The average Bonchev–Trinajstić information content (AvgIpc) is 2.77. The first-order chi connectivity index (χ1) is 9.01. The molecular formula is C13H15FN2O3. The van der Waals surface area contributed by atoms with E-state index in [0.717, 1.165) is 0 Å². The van der Waals surface area contributed by atoms with Crippen molar-refractivity contribution in [3.8, 4) is 22.8 Å². The van der Waals surface area contributed by atoms with Crippen LogP contribution in [0.2, 0.25) is 0 Å². The Morgan fingerprint density at radius 3 is 2.53 bits per heavy atom. The standard InChI is InChI=1S/C13H15FN2O3/c1-7(2)18-12-4-8(9(14)5-11(12)17-3)10-6-13(15)19-16-10/h4-7H,15H2,1-3H3. The van der Waals surface area contributed by atoms with Crippen LogP contribution in [0.3, 0.4) is 0 Å². The van der Waals surface area contributed by atoms with Crippen molar-refractivity contribution in [2.24, 2.45) is 0 Å². The van der Waals surface area contributed by atoms with Crippen molar-refractivity contribution in [3.05, 3.63) is 24.0 Å². The molecule has 0 aliphatic rings. The van der Waals surface area contributed by atoms with Crippen molar-refractivity contribution in [3.63, 3.8) is 0 Å². The molecule has 0 saturated carbocycles. The van der Waals surface area contributed by atoms with Gasteiger partial charge in [0.1, 0.15) is 11.5 Å². The van der Waals surface area contributed by atoms with E-state index >= 15 is 0 Å². The molecule has 0 aliphatic heterocycles. The topological polar surface area (TPSA) is 70.5 Å². The van der Waals surface area contributed by atoms with Gasteiger partial charge in [-0.1, -0.05) is 5.16 Å². The van der Waals surface area contributed by atoms with Crippen LogP contribution in [0, 0.1) is 5.82 Å². The van der Waals surface area contributed by atoms with Gasteiger partial charge in [0.25, 0.3) is 0 Å². The Bertz CT molecular complexity index is 581. The fourth-order valence-corrected chi connectivity index (χ4v) is 1.65. The first kappa shape index (κ1) is 13.2. The molecule has 1 heterocycles. The van der Waals surface area contributed by atoms with Gasteiger partial charge in [-0.15, -0.1) is 0 Å². The number of nitrogens with zero attached hydrogens (tertiary/aromatic N) is 1. The van der Waals surface area contributed by atoms with Crippen LogP contribution in [0.5, 0.6) is 11.5 Å². The van der Waals surface area contributed by atoms with Gasteiger partial charge in [0.05, 0.1) is 13.2 Å². The predicted molar refractivity (Wildman–Crippen MR) is 68.6 cm³/mol. The Balaban J connectivity index is 2.49. The molecule has 2 N–H and O–H groups in total. The zero-order valence-electron chi connectivity index (χ0n) is 10.9. The number of aromatic nitrogens is 1. The van der Waals surface area contributed by atoms with Crippen LogP contribution >= 0.6 is 0 Å². The van der Waals surface area contributed by atoms with Gasteiger partial charge in [0.2, 0.25) is 5.88 Å². The van der Waals surface area contributed by atoms with Gasteiger partial charge in [-0.05, 0) is 19.9 Å². The molecule has 0 fully saturated rings. The Morgan fingerprint density at radius 1 is 1.26 bits per heavy atom. The highest BCUT2D eigenvalue weighted by Crippen LogP contribution is 2.35. The molecule has 1 aromatic carbocycles. The second-order valence-electron chi connectivity index (χ2n) is 4.26. The van der Waals surface area contributed by atoms with Crippen LogP contribution in [-0.4, -0.2) is 18.4 Å². The predicted octanol–water partition coefficient (Wildman–Crippen LogP) is 2.86. The Kier molecular flexibility index (Phi) is 3.59. The SMILES string of the molecule is COc1cc(F)c(-c2cc(N)on2)cc1OC(C)C. The number of rotatable bonds is 4. The van der Waals surface area contributed by atoms with E-state index in [0.29, 0.717) is 17.2 Å². The summed E-state index contributed by atoms with van der Waals surface area (Å²) in [5.41, 5.74) is 5.99. The van der Waals surface area contributed by atoms with Crippen LogP contribution in [0.25, 0.3) is 11.3 Å². The molecule has 1 aromatic heterocycles. The third-order valence-electron chi connectivity index (χ3n) is 2.42. The lowest BCUT2D eigenvalue weighted by molar-refractivity contribution is 0.229. The molecule has 0 saturated heterocycles. The molecule has 0 radical (unpaired) electrons. The molecule has 0 aliphatic carbocycles. The van der Waals surface area contributed by atoms with Crippen LogP contribution in [0.1, 0.15) is 13.8 Å². The molecule has 5 nitrogen and oxygen atoms in total. The molecule has 0 amide bonds. The number of ether oxygens (including phenoxy) is 2. The van der Waals surface area contributed by atoms with Crippen molar-refractivity contribution in [2.75, 3.05) is 12.8 Å². The van der Waals surface area contributed by atoms with Crippen molar-refractivity contribution in [1.82, 2.24) is 5.16 Å². The minimum atomic E-state index is -0.485. The smallest absolute Gasteiger partial charge is 0.222 e. The molecule has 0 spiro atoms. The fourth-order valence-electron chi connectivity index (χ4n) is 1.65. The normalized spacial score (nSPS) is 10.8. The lowest BCUT2D eigenvalue weighted by Gasteiger charge is -2.14. The summed E-state index contributed by atoms with van der Waals surface area (Å²) in [6.07, 6.45) is -0.0606. The highest BCUT2D eigenvalue weighted by atomic mass is 19.1. The summed E-state index contributed by atoms with van der Waals surface area (Å²) in [7, 11) is 1.45. The Morgan fingerprint density at radius 2 is 2.00 bits per heavy atom.